The summed E-state index contributed by atoms with van der Waals surface area (Å²) in [5.74, 6) is 1.21. The molecule has 1 unspecified atom stereocenters. The van der Waals surface area contributed by atoms with Crippen molar-refractivity contribution in [3.8, 4) is 11.6 Å². The van der Waals surface area contributed by atoms with Gasteiger partial charge in [0.1, 0.15) is 0 Å². The van der Waals surface area contributed by atoms with Gasteiger partial charge in [0.05, 0.1) is 18.0 Å². The minimum Gasteiger partial charge on any atom is -0.477 e. The standard InChI is InChI=1S/C18H24N4O3S/c1-14-11-17(22(20-14)16-5-3-2-4-6-16)25-13-15-12-18(15)7-9-21(10-8-18)26(19,23)24/h2-6,11,15H,7-10,12-13H2,1H3,(H2,19,23,24). The van der Waals surface area contributed by atoms with Gasteiger partial charge in [0.15, 0.2) is 0 Å². The minimum absolute atomic E-state index is 0.216. The normalized spacial score (nSPS) is 22.5. The number of ether oxygens (including phenoxy) is 1. The molecule has 1 aliphatic carbocycles. The largest absolute Gasteiger partial charge is 0.477 e. The molecule has 140 valence electrons. The first kappa shape index (κ1) is 17.5. The fourth-order valence-electron chi connectivity index (χ4n) is 3.98. The quantitative estimate of drug-likeness (QED) is 0.862. The molecule has 2 aliphatic rings. The number of hydrogen-bond donors (Lipinski definition) is 1. The topological polar surface area (TPSA) is 90.5 Å². The Morgan fingerprint density at radius 1 is 1.27 bits per heavy atom. The zero-order valence-electron chi connectivity index (χ0n) is 14.8. The molecule has 4 rings (SSSR count). The van der Waals surface area contributed by atoms with Crippen LogP contribution in [-0.4, -0.2) is 42.2 Å². The van der Waals surface area contributed by atoms with Crippen molar-refractivity contribution in [1.82, 2.24) is 14.1 Å². The molecule has 1 atom stereocenters. The second-order valence-corrected chi connectivity index (χ2v) is 8.94. The van der Waals surface area contributed by atoms with E-state index < -0.39 is 10.2 Å². The van der Waals surface area contributed by atoms with Crippen molar-refractivity contribution in [2.75, 3.05) is 19.7 Å². The van der Waals surface area contributed by atoms with Gasteiger partial charge in [-0.3, -0.25) is 0 Å². The molecule has 1 aliphatic heterocycles. The maximum atomic E-state index is 11.5. The van der Waals surface area contributed by atoms with Crippen molar-refractivity contribution < 1.29 is 13.2 Å². The van der Waals surface area contributed by atoms with E-state index in [1.165, 1.54) is 4.31 Å². The van der Waals surface area contributed by atoms with E-state index in [4.69, 9.17) is 9.88 Å². The van der Waals surface area contributed by atoms with E-state index >= 15 is 0 Å². The molecule has 0 radical (unpaired) electrons. The Hall–Kier alpha value is -1.90. The van der Waals surface area contributed by atoms with Gasteiger partial charge in [0.25, 0.3) is 10.2 Å². The van der Waals surface area contributed by atoms with Gasteiger partial charge in [-0.25, -0.2) is 9.82 Å². The molecular formula is C18H24N4O3S. The van der Waals surface area contributed by atoms with E-state index in [1.807, 2.05) is 48.0 Å². The lowest BCUT2D eigenvalue weighted by Gasteiger charge is -2.30. The first-order valence-electron chi connectivity index (χ1n) is 8.90. The predicted molar refractivity (Wildman–Crippen MR) is 98.3 cm³/mol. The molecule has 1 saturated carbocycles. The summed E-state index contributed by atoms with van der Waals surface area (Å²) in [6, 6.07) is 11.9. The highest BCUT2D eigenvalue weighted by molar-refractivity contribution is 7.86. The molecule has 1 saturated heterocycles. The molecule has 7 nitrogen and oxygen atoms in total. The lowest BCUT2D eigenvalue weighted by atomic mass is 9.92. The molecule has 0 amide bonds. The number of aryl methyl sites for hydroxylation is 1. The van der Waals surface area contributed by atoms with Crippen LogP contribution in [0.25, 0.3) is 5.69 Å². The van der Waals surface area contributed by atoms with E-state index in [-0.39, 0.29) is 5.41 Å². The summed E-state index contributed by atoms with van der Waals surface area (Å²) in [4.78, 5) is 0. The molecular weight excluding hydrogens is 352 g/mol. The molecule has 26 heavy (non-hydrogen) atoms. The van der Waals surface area contributed by atoms with E-state index in [0.29, 0.717) is 25.6 Å². The van der Waals surface area contributed by atoms with Crippen LogP contribution in [0.1, 0.15) is 25.0 Å². The van der Waals surface area contributed by atoms with Crippen molar-refractivity contribution in [1.29, 1.82) is 0 Å². The third-order valence-corrected chi connectivity index (χ3v) is 6.75. The maximum Gasteiger partial charge on any atom is 0.276 e. The zero-order valence-corrected chi connectivity index (χ0v) is 15.7. The smallest absolute Gasteiger partial charge is 0.276 e. The van der Waals surface area contributed by atoms with E-state index in [0.717, 1.165) is 36.5 Å². The third kappa shape index (κ3) is 3.36. The van der Waals surface area contributed by atoms with Crippen LogP contribution in [-0.2, 0) is 10.2 Å². The Kier molecular flexibility index (Phi) is 4.29. The van der Waals surface area contributed by atoms with Crippen molar-refractivity contribution in [3.05, 3.63) is 42.1 Å². The predicted octanol–water partition coefficient (Wildman–Crippen LogP) is 1.87. The fraction of sp³-hybridized carbons (Fsp3) is 0.500. The lowest BCUT2D eigenvalue weighted by molar-refractivity contribution is 0.203. The summed E-state index contributed by atoms with van der Waals surface area (Å²) in [5, 5.41) is 9.75. The fourth-order valence-corrected chi connectivity index (χ4v) is 4.68. The van der Waals surface area contributed by atoms with Crippen LogP contribution in [0, 0.1) is 18.3 Å². The Labute approximate surface area is 153 Å². The maximum absolute atomic E-state index is 11.5. The summed E-state index contributed by atoms with van der Waals surface area (Å²) < 4.78 is 32.2. The highest BCUT2D eigenvalue weighted by atomic mass is 32.2. The summed E-state index contributed by atoms with van der Waals surface area (Å²) in [6.45, 7) is 3.61. The van der Waals surface area contributed by atoms with Crippen molar-refractivity contribution >= 4 is 10.2 Å². The Bertz CT molecular complexity index is 886. The molecule has 1 spiro atoms. The van der Waals surface area contributed by atoms with E-state index in [2.05, 4.69) is 5.10 Å². The molecule has 2 N–H and O–H groups in total. The van der Waals surface area contributed by atoms with Crippen LogP contribution in [0.15, 0.2) is 36.4 Å². The van der Waals surface area contributed by atoms with Gasteiger partial charge in [-0.15, -0.1) is 0 Å². The van der Waals surface area contributed by atoms with Crippen LogP contribution < -0.4 is 9.88 Å². The number of benzene rings is 1. The first-order valence-corrected chi connectivity index (χ1v) is 10.4. The van der Waals surface area contributed by atoms with Gasteiger partial charge in [-0.1, -0.05) is 18.2 Å². The molecule has 2 aromatic rings. The van der Waals surface area contributed by atoms with Crippen molar-refractivity contribution in [2.45, 2.75) is 26.2 Å². The Morgan fingerprint density at radius 2 is 1.96 bits per heavy atom. The van der Waals surface area contributed by atoms with Gasteiger partial charge >= 0.3 is 0 Å². The second-order valence-electron chi connectivity index (χ2n) is 7.39. The monoisotopic (exact) mass is 376 g/mol. The molecule has 2 fully saturated rings. The molecule has 1 aromatic carbocycles. The molecule has 1 aromatic heterocycles. The number of hydrogen-bond acceptors (Lipinski definition) is 4. The average molecular weight is 376 g/mol. The number of nitrogens with two attached hydrogens (primary N) is 1. The highest BCUT2D eigenvalue weighted by Gasteiger charge is 2.55. The minimum atomic E-state index is -3.56. The van der Waals surface area contributed by atoms with Gasteiger partial charge in [0, 0.05) is 19.2 Å². The van der Waals surface area contributed by atoms with Gasteiger partial charge in [-0.2, -0.15) is 17.8 Å². The van der Waals surface area contributed by atoms with E-state index in [9.17, 15) is 8.42 Å². The lowest BCUT2D eigenvalue weighted by Crippen LogP contribution is -2.43. The number of nitrogens with zero attached hydrogens (tertiary/aromatic N) is 3. The number of piperidine rings is 1. The Balaban J connectivity index is 1.38. The summed E-state index contributed by atoms with van der Waals surface area (Å²) in [6.07, 6.45) is 2.80. The van der Waals surface area contributed by atoms with Crippen molar-refractivity contribution in [3.63, 3.8) is 0 Å². The number of rotatable bonds is 5. The summed E-state index contributed by atoms with van der Waals surface area (Å²) in [7, 11) is -3.56. The second kappa shape index (κ2) is 6.37. The van der Waals surface area contributed by atoms with Crippen LogP contribution in [0.5, 0.6) is 5.88 Å². The van der Waals surface area contributed by atoms with Gasteiger partial charge in [0.2, 0.25) is 5.88 Å². The third-order valence-electron chi connectivity index (χ3n) is 5.67. The number of aromatic nitrogens is 2. The SMILES string of the molecule is Cc1cc(OCC2CC23CCN(S(N)(=O)=O)CC3)n(-c2ccccc2)n1. The van der Waals surface area contributed by atoms with Crippen LogP contribution in [0.4, 0.5) is 0 Å². The van der Waals surface area contributed by atoms with Gasteiger partial charge < -0.3 is 4.74 Å². The summed E-state index contributed by atoms with van der Waals surface area (Å²) >= 11 is 0. The average Bonchev–Trinajstić information content (AvgIpc) is 3.13. The number of para-hydroxylation sites is 1. The van der Waals surface area contributed by atoms with Crippen LogP contribution in [0.3, 0.4) is 0 Å². The first-order chi connectivity index (χ1) is 12.4. The molecule has 2 heterocycles. The highest BCUT2D eigenvalue weighted by Crippen LogP contribution is 2.59. The van der Waals surface area contributed by atoms with E-state index in [1.54, 1.807) is 0 Å². The zero-order chi connectivity index (χ0) is 18.4. The van der Waals surface area contributed by atoms with Crippen molar-refractivity contribution in [2.24, 2.45) is 16.5 Å². The Morgan fingerprint density at radius 3 is 2.62 bits per heavy atom. The van der Waals surface area contributed by atoms with Crippen LogP contribution in [0.2, 0.25) is 0 Å². The summed E-state index contributed by atoms with van der Waals surface area (Å²) in [5.41, 5.74) is 2.10. The van der Waals surface area contributed by atoms with Gasteiger partial charge in [-0.05, 0) is 49.7 Å². The molecule has 0 bridgehead atoms. The molecule has 8 heteroatoms. The van der Waals surface area contributed by atoms with Crippen LogP contribution >= 0.6 is 0 Å².